The first-order valence-electron chi connectivity index (χ1n) is 7.35. The van der Waals surface area contributed by atoms with Gasteiger partial charge in [0.25, 0.3) is 0 Å². The second kappa shape index (κ2) is 4.66. The van der Waals surface area contributed by atoms with E-state index >= 15 is 0 Å². The van der Waals surface area contributed by atoms with Crippen LogP contribution < -0.4 is 0 Å². The fourth-order valence-electron chi connectivity index (χ4n) is 3.66. The molecule has 0 aromatic rings. The van der Waals surface area contributed by atoms with Crippen molar-refractivity contribution in [2.45, 2.75) is 57.5 Å². The molecule has 2 nitrogen and oxygen atoms in total. The number of hydrogen-bond donors (Lipinski definition) is 0. The first kappa shape index (κ1) is 11.0. The summed E-state index contributed by atoms with van der Waals surface area (Å²) in [5, 5.41) is 0. The predicted molar refractivity (Wildman–Crippen MR) is 67.6 cm³/mol. The number of hydrogen-bond acceptors (Lipinski definition) is 2. The summed E-state index contributed by atoms with van der Waals surface area (Å²) in [7, 11) is 0. The van der Waals surface area contributed by atoms with Gasteiger partial charge >= 0.3 is 0 Å². The van der Waals surface area contributed by atoms with Crippen LogP contribution >= 0.6 is 0 Å². The van der Waals surface area contributed by atoms with Gasteiger partial charge in [-0.1, -0.05) is 19.8 Å². The number of rotatable bonds is 4. The Kier molecular flexibility index (Phi) is 3.21. The molecule has 2 heteroatoms. The van der Waals surface area contributed by atoms with Crippen LogP contribution in [-0.4, -0.2) is 48.1 Å². The van der Waals surface area contributed by atoms with Crippen LogP contribution in [0.3, 0.4) is 0 Å². The first-order valence-corrected chi connectivity index (χ1v) is 7.35. The summed E-state index contributed by atoms with van der Waals surface area (Å²) in [5.74, 6) is 1.09. The Hall–Kier alpha value is -0.0800. The van der Waals surface area contributed by atoms with Crippen molar-refractivity contribution < 1.29 is 0 Å². The molecule has 16 heavy (non-hydrogen) atoms. The van der Waals surface area contributed by atoms with Gasteiger partial charge in [-0.3, -0.25) is 9.80 Å². The molecule has 2 heterocycles. The molecule has 1 aliphatic carbocycles. The van der Waals surface area contributed by atoms with Gasteiger partial charge in [0.15, 0.2) is 0 Å². The van der Waals surface area contributed by atoms with E-state index in [9.17, 15) is 0 Å². The monoisotopic (exact) mass is 222 g/mol. The summed E-state index contributed by atoms with van der Waals surface area (Å²) in [4.78, 5) is 5.53. The van der Waals surface area contributed by atoms with Crippen LogP contribution in [0.1, 0.15) is 45.4 Å². The maximum absolute atomic E-state index is 2.81. The zero-order valence-electron chi connectivity index (χ0n) is 10.7. The van der Waals surface area contributed by atoms with E-state index in [1.54, 1.807) is 0 Å². The highest BCUT2D eigenvalue weighted by molar-refractivity contribution is 4.90. The van der Waals surface area contributed by atoms with Crippen LogP contribution in [0.5, 0.6) is 0 Å². The van der Waals surface area contributed by atoms with Crippen LogP contribution in [0.2, 0.25) is 0 Å². The molecule has 92 valence electrons. The van der Waals surface area contributed by atoms with E-state index in [4.69, 9.17) is 0 Å². The van der Waals surface area contributed by atoms with Gasteiger partial charge in [-0.2, -0.15) is 0 Å². The molecule has 2 unspecified atom stereocenters. The quantitative estimate of drug-likeness (QED) is 0.720. The minimum atomic E-state index is 0.898. The molecule has 0 aromatic carbocycles. The lowest BCUT2D eigenvalue weighted by atomic mass is 10.0. The van der Waals surface area contributed by atoms with Gasteiger partial charge in [-0.25, -0.2) is 0 Å². The van der Waals surface area contributed by atoms with Gasteiger partial charge in [0, 0.05) is 31.7 Å². The average molecular weight is 222 g/mol. The Morgan fingerprint density at radius 3 is 2.75 bits per heavy atom. The third kappa shape index (κ3) is 2.28. The third-order valence-electron chi connectivity index (χ3n) is 4.91. The molecule has 0 N–H and O–H groups in total. The van der Waals surface area contributed by atoms with Crippen LogP contribution in [0.15, 0.2) is 0 Å². The highest BCUT2D eigenvalue weighted by Gasteiger charge is 2.34. The van der Waals surface area contributed by atoms with Crippen molar-refractivity contribution in [3.8, 4) is 0 Å². The molecule has 3 rings (SSSR count). The second-order valence-corrected chi connectivity index (χ2v) is 6.07. The summed E-state index contributed by atoms with van der Waals surface area (Å²) in [5.41, 5.74) is 0. The summed E-state index contributed by atoms with van der Waals surface area (Å²) >= 11 is 0. The smallest absolute Gasteiger partial charge is 0.0224 e. The van der Waals surface area contributed by atoms with Crippen LogP contribution in [0, 0.1) is 5.92 Å². The average Bonchev–Trinajstić information content (AvgIpc) is 3.01. The first-order chi connectivity index (χ1) is 7.86. The van der Waals surface area contributed by atoms with E-state index in [0.29, 0.717) is 0 Å². The summed E-state index contributed by atoms with van der Waals surface area (Å²) in [6.45, 7) is 7.80. The standard InChI is InChI=1S/C14H26N2/c1-2-13(10-12-5-6-12)16-9-8-15-7-3-4-14(15)11-16/h12-14H,2-11H2,1H3. The molecule has 0 bridgehead atoms. The van der Waals surface area contributed by atoms with Gasteiger partial charge in [-0.05, 0) is 38.1 Å². The van der Waals surface area contributed by atoms with Crippen LogP contribution in [0.4, 0.5) is 0 Å². The molecule has 1 saturated carbocycles. The summed E-state index contributed by atoms with van der Waals surface area (Å²) in [6, 6.07) is 1.80. The minimum Gasteiger partial charge on any atom is -0.298 e. The molecular formula is C14H26N2. The van der Waals surface area contributed by atoms with Gasteiger partial charge in [0.1, 0.15) is 0 Å². The van der Waals surface area contributed by atoms with Crippen molar-refractivity contribution in [3.05, 3.63) is 0 Å². The predicted octanol–water partition coefficient (Wildman–Crippen LogP) is 2.35. The normalized spacial score (nSPS) is 33.9. The lowest BCUT2D eigenvalue weighted by Crippen LogP contribution is -2.53. The van der Waals surface area contributed by atoms with Gasteiger partial charge in [0.05, 0.1) is 0 Å². The lowest BCUT2D eigenvalue weighted by molar-refractivity contribution is 0.0647. The summed E-state index contributed by atoms with van der Waals surface area (Å²) < 4.78 is 0. The molecule has 3 aliphatic rings. The molecule has 0 radical (unpaired) electrons. The third-order valence-corrected chi connectivity index (χ3v) is 4.91. The molecule has 0 aromatic heterocycles. The Morgan fingerprint density at radius 1 is 1.12 bits per heavy atom. The molecule has 0 amide bonds. The highest BCUT2D eigenvalue weighted by atomic mass is 15.3. The second-order valence-electron chi connectivity index (χ2n) is 6.07. The number of nitrogens with zero attached hydrogens (tertiary/aromatic N) is 2. The zero-order chi connectivity index (χ0) is 11.0. The van der Waals surface area contributed by atoms with Crippen molar-refractivity contribution in [1.29, 1.82) is 0 Å². The van der Waals surface area contributed by atoms with Gasteiger partial charge < -0.3 is 0 Å². The molecule has 2 saturated heterocycles. The van der Waals surface area contributed by atoms with Crippen molar-refractivity contribution in [1.82, 2.24) is 9.80 Å². The maximum Gasteiger partial charge on any atom is 0.0224 e. The van der Waals surface area contributed by atoms with E-state index in [-0.39, 0.29) is 0 Å². The Morgan fingerprint density at radius 2 is 2.00 bits per heavy atom. The van der Waals surface area contributed by atoms with Crippen LogP contribution in [-0.2, 0) is 0 Å². The van der Waals surface area contributed by atoms with Crippen molar-refractivity contribution in [3.63, 3.8) is 0 Å². The Labute approximate surface area is 100.0 Å². The largest absolute Gasteiger partial charge is 0.298 e. The lowest BCUT2D eigenvalue weighted by Gasteiger charge is -2.41. The molecule has 2 atom stereocenters. The summed E-state index contributed by atoms with van der Waals surface area (Å²) in [6.07, 6.45) is 8.78. The fraction of sp³-hybridized carbons (Fsp3) is 1.00. The topological polar surface area (TPSA) is 6.48 Å². The van der Waals surface area contributed by atoms with Gasteiger partial charge in [0.2, 0.25) is 0 Å². The van der Waals surface area contributed by atoms with E-state index in [0.717, 1.165) is 18.0 Å². The van der Waals surface area contributed by atoms with E-state index in [2.05, 4.69) is 16.7 Å². The van der Waals surface area contributed by atoms with E-state index in [1.807, 2.05) is 0 Å². The minimum absolute atomic E-state index is 0.898. The molecule has 0 spiro atoms. The van der Waals surface area contributed by atoms with E-state index < -0.39 is 0 Å². The van der Waals surface area contributed by atoms with Crippen molar-refractivity contribution in [2.24, 2.45) is 5.92 Å². The number of piperazine rings is 1. The maximum atomic E-state index is 2.81. The molecule has 2 aliphatic heterocycles. The van der Waals surface area contributed by atoms with Crippen molar-refractivity contribution >= 4 is 0 Å². The Balaban J connectivity index is 1.56. The number of fused-ring (bicyclic) bond motifs is 1. The Bertz CT molecular complexity index is 237. The van der Waals surface area contributed by atoms with Crippen LogP contribution in [0.25, 0.3) is 0 Å². The molecular weight excluding hydrogens is 196 g/mol. The van der Waals surface area contributed by atoms with Gasteiger partial charge in [-0.15, -0.1) is 0 Å². The zero-order valence-corrected chi connectivity index (χ0v) is 10.7. The SMILES string of the molecule is CCC(CC1CC1)N1CCN2CCCC2C1. The van der Waals surface area contributed by atoms with E-state index in [1.165, 1.54) is 64.7 Å². The highest BCUT2D eigenvalue weighted by Crippen LogP contribution is 2.36. The molecule has 3 fully saturated rings. The van der Waals surface area contributed by atoms with Crippen molar-refractivity contribution in [2.75, 3.05) is 26.2 Å². The fourth-order valence-corrected chi connectivity index (χ4v) is 3.66.